The standard InChI is InChI=1S/C22H18Cl2N2O4S/c1-22(2)21-17(25-10-11-26-21)18(27)20(31(22,28)29)16-14(23)8-9-15(24)19(16)30-12-13-6-4-3-5-7-13/h3-11,20H,12H2,1-2H3. The highest BCUT2D eigenvalue weighted by Crippen LogP contribution is 2.50. The number of rotatable bonds is 4. The van der Waals surface area contributed by atoms with Crippen LogP contribution in [0.15, 0.2) is 54.9 Å². The summed E-state index contributed by atoms with van der Waals surface area (Å²) in [5.41, 5.74) is 0.969. The predicted octanol–water partition coefficient (Wildman–Crippen LogP) is 4.95. The molecule has 1 aliphatic rings. The number of ether oxygens (including phenoxy) is 1. The van der Waals surface area contributed by atoms with Crippen molar-refractivity contribution in [2.45, 2.75) is 30.5 Å². The number of hydrogen-bond donors (Lipinski definition) is 0. The molecule has 6 nitrogen and oxygen atoms in total. The summed E-state index contributed by atoms with van der Waals surface area (Å²) in [5.74, 6) is -0.653. The van der Waals surface area contributed by atoms with Crippen molar-refractivity contribution >= 4 is 38.8 Å². The van der Waals surface area contributed by atoms with Crippen molar-refractivity contribution in [2.24, 2.45) is 0 Å². The minimum atomic E-state index is -4.14. The maximum absolute atomic E-state index is 13.7. The molecule has 0 fully saturated rings. The first-order chi connectivity index (χ1) is 14.7. The number of carbonyl (C=O) groups excluding carboxylic acids is 1. The van der Waals surface area contributed by atoms with Gasteiger partial charge in [-0.15, -0.1) is 0 Å². The molecule has 2 heterocycles. The van der Waals surface area contributed by atoms with Crippen molar-refractivity contribution in [3.63, 3.8) is 0 Å². The van der Waals surface area contributed by atoms with E-state index < -0.39 is 25.6 Å². The van der Waals surface area contributed by atoms with Gasteiger partial charge in [-0.3, -0.25) is 9.78 Å². The molecule has 1 aromatic heterocycles. The Labute approximate surface area is 190 Å². The number of nitrogens with zero attached hydrogens (tertiary/aromatic N) is 2. The van der Waals surface area contributed by atoms with Gasteiger partial charge < -0.3 is 4.74 Å². The minimum Gasteiger partial charge on any atom is -0.487 e. The van der Waals surface area contributed by atoms with Gasteiger partial charge in [0.15, 0.2) is 15.1 Å². The highest BCUT2D eigenvalue weighted by molar-refractivity contribution is 7.93. The van der Waals surface area contributed by atoms with E-state index in [1.165, 1.54) is 38.4 Å². The molecule has 0 N–H and O–H groups in total. The Morgan fingerprint density at radius 3 is 2.35 bits per heavy atom. The van der Waals surface area contributed by atoms with E-state index in [0.29, 0.717) is 0 Å². The molecule has 1 atom stereocenters. The molecule has 2 aromatic carbocycles. The first-order valence-electron chi connectivity index (χ1n) is 9.40. The second-order valence-corrected chi connectivity index (χ2v) is 11.0. The molecule has 3 aromatic rings. The zero-order chi connectivity index (χ0) is 22.4. The lowest BCUT2D eigenvalue weighted by molar-refractivity contribution is 0.0973. The Kier molecular flexibility index (Phi) is 5.54. The number of hydrogen-bond acceptors (Lipinski definition) is 6. The van der Waals surface area contributed by atoms with Crippen LogP contribution in [-0.2, 0) is 21.2 Å². The topological polar surface area (TPSA) is 86.2 Å². The SMILES string of the molecule is CC1(C)c2nccnc2C(=O)C(c2c(Cl)ccc(Cl)c2OCc2ccccc2)S1(=O)=O. The van der Waals surface area contributed by atoms with Crippen molar-refractivity contribution in [1.29, 1.82) is 0 Å². The summed E-state index contributed by atoms with van der Waals surface area (Å²) in [6, 6.07) is 12.3. The predicted molar refractivity (Wildman–Crippen MR) is 118 cm³/mol. The number of ketones is 1. The fourth-order valence-corrected chi connectivity index (χ4v) is 6.10. The van der Waals surface area contributed by atoms with Gasteiger partial charge in [-0.25, -0.2) is 13.4 Å². The van der Waals surface area contributed by atoms with E-state index in [1.807, 2.05) is 30.3 Å². The summed E-state index contributed by atoms with van der Waals surface area (Å²) in [5, 5.41) is -1.40. The van der Waals surface area contributed by atoms with E-state index in [4.69, 9.17) is 27.9 Å². The molecule has 1 aliphatic heterocycles. The van der Waals surface area contributed by atoms with E-state index in [9.17, 15) is 13.2 Å². The third kappa shape index (κ3) is 3.50. The first kappa shape index (κ1) is 21.7. The molecule has 0 aliphatic carbocycles. The lowest BCUT2D eigenvalue weighted by atomic mass is 9.98. The van der Waals surface area contributed by atoms with Crippen LogP contribution < -0.4 is 4.74 Å². The molecule has 0 amide bonds. The minimum absolute atomic E-state index is 0.00243. The van der Waals surface area contributed by atoms with E-state index in [0.717, 1.165) is 5.56 Å². The van der Waals surface area contributed by atoms with Crippen LogP contribution >= 0.6 is 23.2 Å². The zero-order valence-corrected chi connectivity index (χ0v) is 19.0. The Morgan fingerprint density at radius 1 is 1.00 bits per heavy atom. The second-order valence-electron chi connectivity index (χ2n) is 7.60. The van der Waals surface area contributed by atoms with Gasteiger partial charge in [0.05, 0.1) is 10.7 Å². The monoisotopic (exact) mass is 476 g/mol. The van der Waals surface area contributed by atoms with E-state index in [1.54, 1.807) is 0 Å². The summed E-state index contributed by atoms with van der Waals surface area (Å²) in [6.07, 6.45) is 2.72. The molecule has 0 radical (unpaired) electrons. The normalized spacial score (nSPS) is 19.0. The van der Waals surface area contributed by atoms with Crippen LogP contribution in [0.5, 0.6) is 5.75 Å². The molecular weight excluding hydrogens is 459 g/mol. The van der Waals surface area contributed by atoms with Crippen LogP contribution in [-0.4, -0.2) is 24.2 Å². The lowest BCUT2D eigenvalue weighted by Crippen LogP contribution is -2.44. The zero-order valence-electron chi connectivity index (χ0n) is 16.7. The molecule has 9 heteroatoms. The quantitative estimate of drug-likeness (QED) is 0.529. The molecular formula is C22H18Cl2N2O4S. The number of sulfone groups is 1. The number of aromatic nitrogens is 2. The average molecular weight is 477 g/mol. The Morgan fingerprint density at radius 2 is 1.65 bits per heavy atom. The van der Waals surface area contributed by atoms with Gasteiger partial charge >= 0.3 is 0 Å². The number of benzene rings is 2. The largest absolute Gasteiger partial charge is 0.487 e. The van der Waals surface area contributed by atoms with Gasteiger partial charge in [-0.05, 0) is 31.5 Å². The molecule has 0 spiro atoms. The van der Waals surface area contributed by atoms with Gasteiger partial charge in [-0.1, -0.05) is 53.5 Å². The molecule has 4 rings (SSSR count). The Balaban J connectivity index is 1.89. The summed E-state index contributed by atoms with van der Waals surface area (Å²) >= 11 is 12.8. The fourth-order valence-electron chi connectivity index (χ4n) is 3.61. The summed E-state index contributed by atoms with van der Waals surface area (Å²) in [6.45, 7) is 3.12. The molecule has 0 bridgehead atoms. The van der Waals surface area contributed by atoms with Gasteiger partial charge in [0.25, 0.3) is 0 Å². The molecule has 0 saturated carbocycles. The van der Waals surface area contributed by atoms with E-state index >= 15 is 0 Å². The van der Waals surface area contributed by atoms with Gasteiger partial charge in [0, 0.05) is 23.0 Å². The maximum atomic E-state index is 13.7. The number of halogens is 2. The number of Topliss-reactive ketones (excluding diaryl/α,β-unsaturated/α-hetero) is 1. The van der Waals surface area contributed by atoms with Crippen LogP contribution in [0.1, 0.15) is 46.4 Å². The fraction of sp³-hybridized carbons (Fsp3) is 0.227. The Hall–Kier alpha value is -2.48. The van der Waals surface area contributed by atoms with Crippen molar-refractivity contribution in [1.82, 2.24) is 9.97 Å². The highest BCUT2D eigenvalue weighted by Gasteiger charge is 2.55. The average Bonchev–Trinajstić information content (AvgIpc) is 2.75. The van der Waals surface area contributed by atoms with Crippen molar-refractivity contribution in [3.05, 3.63) is 87.4 Å². The van der Waals surface area contributed by atoms with Crippen LogP contribution in [0.25, 0.3) is 0 Å². The van der Waals surface area contributed by atoms with Crippen LogP contribution in [0.2, 0.25) is 10.0 Å². The van der Waals surface area contributed by atoms with Crippen molar-refractivity contribution < 1.29 is 17.9 Å². The van der Waals surface area contributed by atoms with Crippen LogP contribution in [0, 0.1) is 0 Å². The van der Waals surface area contributed by atoms with Gasteiger partial charge in [0.2, 0.25) is 5.78 Å². The van der Waals surface area contributed by atoms with Gasteiger partial charge in [-0.2, -0.15) is 0 Å². The third-order valence-corrected chi connectivity index (χ3v) is 8.66. The van der Waals surface area contributed by atoms with Crippen LogP contribution in [0.3, 0.4) is 0 Å². The highest BCUT2D eigenvalue weighted by atomic mass is 35.5. The molecule has 1 unspecified atom stereocenters. The van der Waals surface area contributed by atoms with E-state index in [-0.39, 0.29) is 39.4 Å². The number of fused-ring (bicyclic) bond motifs is 1. The van der Waals surface area contributed by atoms with Crippen LogP contribution in [0.4, 0.5) is 0 Å². The number of carbonyl (C=O) groups is 1. The summed E-state index contributed by atoms with van der Waals surface area (Å²) in [4.78, 5) is 21.6. The molecule has 160 valence electrons. The molecule has 0 saturated heterocycles. The Bertz CT molecular complexity index is 1280. The maximum Gasteiger partial charge on any atom is 0.205 e. The van der Waals surface area contributed by atoms with Gasteiger partial charge in [0.1, 0.15) is 22.8 Å². The lowest BCUT2D eigenvalue weighted by Gasteiger charge is -2.35. The molecule has 31 heavy (non-hydrogen) atoms. The van der Waals surface area contributed by atoms with E-state index in [2.05, 4.69) is 9.97 Å². The smallest absolute Gasteiger partial charge is 0.205 e. The second kappa shape index (κ2) is 7.89. The first-order valence-corrected chi connectivity index (χ1v) is 11.7. The van der Waals surface area contributed by atoms with Crippen molar-refractivity contribution in [2.75, 3.05) is 0 Å². The third-order valence-electron chi connectivity index (χ3n) is 5.34. The summed E-state index contributed by atoms with van der Waals surface area (Å²) < 4.78 is 31.7. The summed E-state index contributed by atoms with van der Waals surface area (Å²) in [7, 11) is -4.14. The van der Waals surface area contributed by atoms with Crippen molar-refractivity contribution in [3.8, 4) is 5.75 Å².